The first kappa shape index (κ1) is 13.0. The van der Waals surface area contributed by atoms with Crippen molar-refractivity contribution < 1.29 is 5.11 Å². The standard InChI is InChI=1S/C12H14N4OS2/c17-6-5-16-12(13-14-15-16)19-8-9-7-18-11-4-2-1-3-10(9)11/h1-4,9,17H,5-8H2. The molecule has 1 aliphatic heterocycles. The van der Waals surface area contributed by atoms with Gasteiger partial charge in [0.05, 0.1) is 13.2 Å². The Morgan fingerprint density at radius 2 is 2.32 bits per heavy atom. The number of fused-ring (bicyclic) bond motifs is 1. The Kier molecular flexibility index (Phi) is 4.05. The van der Waals surface area contributed by atoms with Gasteiger partial charge in [-0.3, -0.25) is 0 Å². The number of thioether (sulfide) groups is 2. The van der Waals surface area contributed by atoms with E-state index in [0.717, 1.165) is 16.7 Å². The van der Waals surface area contributed by atoms with Gasteiger partial charge in [0.2, 0.25) is 5.16 Å². The molecule has 5 nitrogen and oxygen atoms in total. The Morgan fingerprint density at radius 3 is 3.21 bits per heavy atom. The summed E-state index contributed by atoms with van der Waals surface area (Å²) in [6.45, 7) is 0.506. The van der Waals surface area contributed by atoms with Gasteiger partial charge in [0.25, 0.3) is 0 Å². The van der Waals surface area contributed by atoms with E-state index >= 15 is 0 Å². The second-order valence-electron chi connectivity index (χ2n) is 4.26. The van der Waals surface area contributed by atoms with Crippen molar-refractivity contribution >= 4 is 23.5 Å². The van der Waals surface area contributed by atoms with Crippen molar-refractivity contribution in [1.29, 1.82) is 0 Å². The van der Waals surface area contributed by atoms with Gasteiger partial charge in [0.15, 0.2) is 0 Å². The molecule has 0 amide bonds. The van der Waals surface area contributed by atoms with Gasteiger partial charge in [-0.05, 0) is 22.1 Å². The van der Waals surface area contributed by atoms with E-state index in [1.165, 1.54) is 10.5 Å². The molecule has 1 aliphatic rings. The summed E-state index contributed by atoms with van der Waals surface area (Å²) in [7, 11) is 0. The molecule has 2 aromatic rings. The fraction of sp³-hybridized carbons (Fsp3) is 0.417. The van der Waals surface area contributed by atoms with Crippen LogP contribution in [0.5, 0.6) is 0 Å². The average Bonchev–Trinajstić information content (AvgIpc) is 3.04. The lowest BCUT2D eigenvalue weighted by atomic mass is 10.0. The molecule has 0 aliphatic carbocycles. The normalized spacial score (nSPS) is 17.6. The first-order chi connectivity index (χ1) is 9.38. The van der Waals surface area contributed by atoms with Crippen molar-refractivity contribution in [1.82, 2.24) is 20.2 Å². The zero-order chi connectivity index (χ0) is 13.1. The molecular weight excluding hydrogens is 280 g/mol. The summed E-state index contributed by atoms with van der Waals surface area (Å²) in [5.41, 5.74) is 1.43. The minimum atomic E-state index is 0.0563. The number of nitrogens with zero attached hydrogens (tertiary/aromatic N) is 4. The van der Waals surface area contributed by atoms with E-state index in [0.29, 0.717) is 12.5 Å². The fourth-order valence-electron chi connectivity index (χ4n) is 2.08. The molecule has 19 heavy (non-hydrogen) atoms. The van der Waals surface area contributed by atoms with Gasteiger partial charge >= 0.3 is 0 Å². The van der Waals surface area contributed by atoms with Crippen LogP contribution in [-0.4, -0.2) is 43.4 Å². The highest BCUT2D eigenvalue weighted by Crippen LogP contribution is 2.41. The van der Waals surface area contributed by atoms with Crippen molar-refractivity contribution in [3.63, 3.8) is 0 Å². The molecule has 100 valence electrons. The Bertz CT molecular complexity index is 560. The van der Waals surface area contributed by atoms with E-state index in [1.54, 1.807) is 16.4 Å². The van der Waals surface area contributed by atoms with Crippen LogP contribution >= 0.6 is 23.5 Å². The van der Waals surface area contributed by atoms with E-state index in [-0.39, 0.29) is 6.61 Å². The number of rotatable bonds is 5. The number of aromatic nitrogens is 4. The highest BCUT2D eigenvalue weighted by atomic mass is 32.2. The summed E-state index contributed by atoms with van der Waals surface area (Å²) < 4.78 is 1.65. The van der Waals surface area contributed by atoms with Gasteiger partial charge in [-0.1, -0.05) is 30.0 Å². The molecule has 0 saturated heterocycles. The first-order valence-electron chi connectivity index (χ1n) is 6.10. The zero-order valence-electron chi connectivity index (χ0n) is 10.3. The van der Waals surface area contributed by atoms with Crippen LogP contribution in [0.25, 0.3) is 0 Å². The summed E-state index contributed by atoms with van der Waals surface area (Å²) in [6.07, 6.45) is 0. The molecule has 0 fully saturated rings. The van der Waals surface area contributed by atoms with Crippen molar-refractivity contribution in [2.45, 2.75) is 22.5 Å². The number of hydrogen-bond acceptors (Lipinski definition) is 6. The molecule has 1 unspecified atom stereocenters. The molecule has 1 aromatic carbocycles. The predicted molar refractivity (Wildman–Crippen MR) is 75.5 cm³/mol. The fourth-order valence-corrected chi connectivity index (χ4v) is 4.50. The summed E-state index contributed by atoms with van der Waals surface area (Å²) in [4.78, 5) is 1.39. The Hall–Kier alpha value is -1.05. The predicted octanol–water partition coefficient (Wildman–Crippen LogP) is 1.65. The number of benzene rings is 1. The first-order valence-corrected chi connectivity index (χ1v) is 8.07. The van der Waals surface area contributed by atoms with Crippen molar-refractivity contribution in [2.24, 2.45) is 0 Å². The van der Waals surface area contributed by atoms with E-state index < -0.39 is 0 Å². The maximum absolute atomic E-state index is 8.94. The second-order valence-corrected chi connectivity index (χ2v) is 6.31. The number of aliphatic hydroxyl groups excluding tert-OH is 1. The third-order valence-corrected chi connectivity index (χ3v) is 5.39. The minimum absolute atomic E-state index is 0.0563. The molecule has 0 spiro atoms. The quantitative estimate of drug-likeness (QED) is 0.846. The summed E-state index contributed by atoms with van der Waals surface area (Å²) >= 11 is 3.57. The Balaban J connectivity index is 1.66. The summed E-state index contributed by atoms with van der Waals surface area (Å²) in [6, 6.07) is 8.57. The van der Waals surface area contributed by atoms with Crippen LogP contribution in [0.2, 0.25) is 0 Å². The lowest BCUT2D eigenvalue weighted by Gasteiger charge is -2.09. The zero-order valence-corrected chi connectivity index (χ0v) is 11.9. The highest BCUT2D eigenvalue weighted by molar-refractivity contribution is 8.00. The molecule has 3 rings (SSSR count). The topological polar surface area (TPSA) is 63.8 Å². The highest BCUT2D eigenvalue weighted by Gasteiger charge is 2.23. The minimum Gasteiger partial charge on any atom is -0.394 e. The second kappa shape index (κ2) is 5.94. The molecule has 2 heterocycles. The molecule has 1 atom stereocenters. The number of aliphatic hydroxyl groups is 1. The largest absolute Gasteiger partial charge is 0.394 e. The van der Waals surface area contributed by atoms with Gasteiger partial charge in [-0.25, -0.2) is 4.68 Å². The average molecular weight is 294 g/mol. The molecule has 7 heteroatoms. The number of hydrogen-bond donors (Lipinski definition) is 1. The molecule has 0 radical (unpaired) electrons. The maximum atomic E-state index is 8.94. The van der Waals surface area contributed by atoms with Crippen LogP contribution in [0.3, 0.4) is 0 Å². The monoisotopic (exact) mass is 294 g/mol. The lowest BCUT2D eigenvalue weighted by Crippen LogP contribution is -2.07. The third-order valence-electron chi connectivity index (χ3n) is 3.02. The molecule has 1 aromatic heterocycles. The Morgan fingerprint density at radius 1 is 1.42 bits per heavy atom. The van der Waals surface area contributed by atoms with E-state index in [9.17, 15) is 0 Å². The SMILES string of the molecule is OCCn1nnnc1SCC1CSc2ccccc21. The van der Waals surface area contributed by atoms with Crippen molar-refractivity contribution in [3.05, 3.63) is 29.8 Å². The van der Waals surface area contributed by atoms with Crippen LogP contribution in [0.4, 0.5) is 0 Å². The lowest BCUT2D eigenvalue weighted by molar-refractivity contribution is 0.262. The maximum Gasteiger partial charge on any atom is 0.209 e. The van der Waals surface area contributed by atoms with Gasteiger partial charge in [0.1, 0.15) is 0 Å². The Labute approximate surface area is 119 Å². The summed E-state index contributed by atoms with van der Waals surface area (Å²) in [5, 5.41) is 21.2. The van der Waals surface area contributed by atoms with Crippen molar-refractivity contribution in [3.8, 4) is 0 Å². The van der Waals surface area contributed by atoms with Crippen LogP contribution in [0.15, 0.2) is 34.3 Å². The van der Waals surface area contributed by atoms with Gasteiger partial charge in [-0.2, -0.15) is 0 Å². The van der Waals surface area contributed by atoms with E-state index in [4.69, 9.17) is 5.11 Å². The smallest absolute Gasteiger partial charge is 0.209 e. The third kappa shape index (κ3) is 2.77. The molecule has 0 saturated carbocycles. The van der Waals surface area contributed by atoms with Gasteiger partial charge in [0, 0.05) is 22.3 Å². The van der Waals surface area contributed by atoms with Gasteiger partial charge in [-0.15, -0.1) is 16.9 Å². The van der Waals surface area contributed by atoms with E-state index in [1.807, 2.05) is 11.8 Å². The van der Waals surface area contributed by atoms with Gasteiger partial charge < -0.3 is 5.11 Å². The van der Waals surface area contributed by atoms with Crippen molar-refractivity contribution in [2.75, 3.05) is 18.1 Å². The van der Waals surface area contributed by atoms with Crippen LogP contribution in [0.1, 0.15) is 11.5 Å². The molecular formula is C12H14N4OS2. The summed E-state index contributed by atoms with van der Waals surface area (Å²) in [5.74, 6) is 2.63. The van der Waals surface area contributed by atoms with Crippen LogP contribution < -0.4 is 0 Å². The van der Waals surface area contributed by atoms with Crippen LogP contribution in [-0.2, 0) is 6.54 Å². The number of tetrazole rings is 1. The molecule has 1 N–H and O–H groups in total. The van der Waals surface area contributed by atoms with E-state index in [2.05, 4.69) is 39.8 Å². The molecule has 0 bridgehead atoms. The van der Waals surface area contributed by atoms with Crippen LogP contribution in [0, 0.1) is 0 Å².